The lowest BCUT2D eigenvalue weighted by Gasteiger charge is -2.10. The van der Waals surface area contributed by atoms with Gasteiger partial charge in [-0.15, -0.1) is 0 Å². The molecule has 2 atom stereocenters. The second kappa shape index (κ2) is 6.85. The molecule has 1 aromatic carbocycles. The van der Waals surface area contributed by atoms with Crippen LogP contribution in [0.15, 0.2) is 23.1 Å². The fourth-order valence-corrected chi connectivity index (χ4v) is 3.82. The van der Waals surface area contributed by atoms with E-state index in [2.05, 4.69) is 17.0 Å². The summed E-state index contributed by atoms with van der Waals surface area (Å²) in [5.41, 5.74) is 0.771. The molecular weight excluding hydrogens is 291 g/mol. The molecule has 0 saturated heterocycles. The molecule has 2 rings (SSSR count). The largest absolute Gasteiger partial charge is 0.313 e. The zero-order valence-electron chi connectivity index (χ0n) is 12.5. The third kappa shape index (κ3) is 4.25. The summed E-state index contributed by atoms with van der Waals surface area (Å²) < 4.78 is 41.0. The zero-order valence-corrected chi connectivity index (χ0v) is 13.3. The number of rotatable bonds is 8. The molecule has 0 amide bonds. The van der Waals surface area contributed by atoms with E-state index in [4.69, 9.17) is 0 Å². The van der Waals surface area contributed by atoms with Crippen LogP contribution in [0, 0.1) is 11.7 Å². The zero-order chi connectivity index (χ0) is 15.5. The van der Waals surface area contributed by atoms with Crippen LogP contribution in [0.25, 0.3) is 0 Å². The van der Waals surface area contributed by atoms with E-state index in [1.807, 2.05) is 6.92 Å². The molecule has 1 aromatic rings. The van der Waals surface area contributed by atoms with Gasteiger partial charge in [0.1, 0.15) is 10.7 Å². The quantitative estimate of drug-likeness (QED) is 0.725. The molecule has 118 valence electrons. The molecule has 1 fully saturated rings. The van der Waals surface area contributed by atoms with Crippen LogP contribution >= 0.6 is 0 Å². The molecule has 1 saturated carbocycles. The van der Waals surface area contributed by atoms with Gasteiger partial charge in [0.15, 0.2) is 0 Å². The highest BCUT2D eigenvalue weighted by molar-refractivity contribution is 7.89. The molecule has 1 aliphatic rings. The second-order valence-electron chi connectivity index (χ2n) is 5.57. The highest BCUT2D eigenvalue weighted by Gasteiger charge is 2.39. The maximum Gasteiger partial charge on any atom is 0.243 e. The number of hydrogen-bond donors (Lipinski definition) is 2. The lowest BCUT2D eigenvalue weighted by molar-refractivity contribution is 0.552. The third-order valence-corrected chi connectivity index (χ3v) is 5.30. The van der Waals surface area contributed by atoms with E-state index in [1.54, 1.807) is 6.07 Å². The average molecular weight is 314 g/mol. The molecule has 0 radical (unpaired) electrons. The van der Waals surface area contributed by atoms with Gasteiger partial charge in [0.2, 0.25) is 10.0 Å². The van der Waals surface area contributed by atoms with Crippen molar-refractivity contribution in [2.24, 2.45) is 5.92 Å². The first-order valence-corrected chi connectivity index (χ1v) is 8.97. The normalized spacial score (nSPS) is 21.5. The highest BCUT2D eigenvalue weighted by Crippen LogP contribution is 2.34. The van der Waals surface area contributed by atoms with E-state index in [0.717, 1.165) is 31.4 Å². The van der Waals surface area contributed by atoms with Crippen LogP contribution in [0.4, 0.5) is 4.39 Å². The van der Waals surface area contributed by atoms with Gasteiger partial charge in [-0.2, -0.15) is 0 Å². The Hall–Kier alpha value is -0.980. The topological polar surface area (TPSA) is 58.2 Å². The molecule has 0 aliphatic heterocycles. The standard InChI is InChI=1S/C15H23FN2O2S/c1-3-7-17-10-11-5-6-13(16)15(8-11)21(19,20)18-14-9-12(14)4-2/h5-6,8,12,14,17-18H,3-4,7,9-10H2,1-2H3. The summed E-state index contributed by atoms with van der Waals surface area (Å²) in [5.74, 6) is -0.312. The Morgan fingerprint density at radius 2 is 2.10 bits per heavy atom. The predicted octanol–water partition coefficient (Wildman–Crippen LogP) is 2.40. The molecular formula is C15H23FN2O2S. The second-order valence-corrected chi connectivity index (χ2v) is 7.26. The smallest absolute Gasteiger partial charge is 0.243 e. The Balaban J connectivity index is 2.11. The Morgan fingerprint density at radius 3 is 2.71 bits per heavy atom. The van der Waals surface area contributed by atoms with Crippen molar-refractivity contribution >= 4 is 10.0 Å². The minimum absolute atomic E-state index is 0.0405. The van der Waals surface area contributed by atoms with Gasteiger partial charge in [0.05, 0.1) is 0 Å². The number of hydrogen-bond acceptors (Lipinski definition) is 3. The number of nitrogens with one attached hydrogen (secondary N) is 2. The number of halogens is 1. The number of sulfonamides is 1. The van der Waals surface area contributed by atoms with Gasteiger partial charge >= 0.3 is 0 Å². The van der Waals surface area contributed by atoms with Crippen LogP contribution in [0.2, 0.25) is 0 Å². The van der Waals surface area contributed by atoms with Crippen molar-refractivity contribution in [3.63, 3.8) is 0 Å². The van der Waals surface area contributed by atoms with E-state index in [9.17, 15) is 12.8 Å². The van der Waals surface area contributed by atoms with E-state index < -0.39 is 15.8 Å². The van der Waals surface area contributed by atoms with Crippen LogP contribution in [-0.2, 0) is 16.6 Å². The molecule has 0 heterocycles. The molecule has 6 heteroatoms. The van der Waals surface area contributed by atoms with Gasteiger partial charge in [0.25, 0.3) is 0 Å². The maximum absolute atomic E-state index is 13.9. The van der Waals surface area contributed by atoms with E-state index in [0.29, 0.717) is 12.5 Å². The van der Waals surface area contributed by atoms with Crippen LogP contribution in [-0.4, -0.2) is 21.0 Å². The van der Waals surface area contributed by atoms with Gasteiger partial charge < -0.3 is 5.32 Å². The lowest BCUT2D eigenvalue weighted by Crippen LogP contribution is -2.28. The monoisotopic (exact) mass is 314 g/mol. The van der Waals surface area contributed by atoms with Crippen molar-refractivity contribution in [3.8, 4) is 0 Å². The Kier molecular flexibility index (Phi) is 5.35. The van der Waals surface area contributed by atoms with Crippen LogP contribution in [0.3, 0.4) is 0 Å². The SMILES string of the molecule is CCCNCc1ccc(F)c(S(=O)(=O)NC2CC2CC)c1. The molecule has 0 bridgehead atoms. The fraction of sp³-hybridized carbons (Fsp3) is 0.600. The minimum Gasteiger partial charge on any atom is -0.313 e. The first kappa shape index (κ1) is 16.4. The lowest BCUT2D eigenvalue weighted by atomic mass is 10.2. The van der Waals surface area contributed by atoms with Gasteiger partial charge in [-0.1, -0.05) is 26.3 Å². The van der Waals surface area contributed by atoms with Gasteiger partial charge in [0, 0.05) is 12.6 Å². The van der Waals surface area contributed by atoms with E-state index in [-0.39, 0.29) is 10.9 Å². The fourth-order valence-electron chi connectivity index (χ4n) is 2.38. The minimum atomic E-state index is -3.78. The molecule has 21 heavy (non-hydrogen) atoms. The highest BCUT2D eigenvalue weighted by atomic mass is 32.2. The summed E-state index contributed by atoms with van der Waals surface area (Å²) in [4.78, 5) is -0.250. The summed E-state index contributed by atoms with van der Waals surface area (Å²) in [6.45, 7) is 5.46. The van der Waals surface area contributed by atoms with Crippen molar-refractivity contribution in [1.29, 1.82) is 0 Å². The van der Waals surface area contributed by atoms with Gasteiger partial charge in [-0.25, -0.2) is 17.5 Å². The molecule has 0 aromatic heterocycles. The van der Waals surface area contributed by atoms with Crippen LogP contribution in [0.1, 0.15) is 38.7 Å². The Morgan fingerprint density at radius 1 is 1.33 bits per heavy atom. The summed E-state index contributed by atoms with van der Waals surface area (Å²) in [6.07, 6.45) is 2.78. The molecule has 2 unspecified atom stereocenters. The third-order valence-electron chi connectivity index (χ3n) is 3.79. The average Bonchev–Trinajstić information content (AvgIpc) is 3.18. The molecule has 1 aliphatic carbocycles. The summed E-state index contributed by atoms with van der Waals surface area (Å²) in [7, 11) is -3.78. The van der Waals surface area contributed by atoms with Crippen LogP contribution in [0.5, 0.6) is 0 Å². The first-order chi connectivity index (χ1) is 9.97. The van der Waals surface area contributed by atoms with E-state index >= 15 is 0 Å². The van der Waals surface area contributed by atoms with Crippen molar-refractivity contribution in [3.05, 3.63) is 29.6 Å². The van der Waals surface area contributed by atoms with Crippen molar-refractivity contribution < 1.29 is 12.8 Å². The predicted molar refractivity (Wildman–Crippen MR) is 80.9 cm³/mol. The summed E-state index contributed by atoms with van der Waals surface area (Å²) in [5, 5.41) is 3.18. The molecule has 0 spiro atoms. The summed E-state index contributed by atoms with van der Waals surface area (Å²) >= 11 is 0. The van der Waals surface area contributed by atoms with Crippen molar-refractivity contribution in [2.75, 3.05) is 6.54 Å². The van der Waals surface area contributed by atoms with E-state index in [1.165, 1.54) is 12.1 Å². The number of benzene rings is 1. The van der Waals surface area contributed by atoms with Crippen molar-refractivity contribution in [1.82, 2.24) is 10.0 Å². The molecule has 4 nitrogen and oxygen atoms in total. The summed E-state index contributed by atoms with van der Waals surface area (Å²) in [6, 6.07) is 4.22. The maximum atomic E-state index is 13.9. The first-order valence-electron chi connectivity index (χ1n) is 7.49. The van der Waals surface area contributed by atoms with Gasteiger partial charge in [-0.3, -0.25) is 0 Å². The Labute approximate surface area is 126 Å². The Bertz CT molecular complexity index is 589. The molecule has 2 N–H and O–H groups in total. The van der Waals surface area contributed by atoms with Crippen LogP contribution < -0.4 is 10.0 Å². The van der Waals surface area contributed by atoms with Gasteiger partial charge in [-0.05, 0) is 43.0 Å². The van der Waals surface area contributed by atoms with Crippen molar-refractivity contribution in [2.45, 2.75) is 50.6 Å².